The number of carbonyl (C=O) groups excluding carboxylic acids is 1. The third kappa shape index (κ3) is 4.46. The molecule has 2 N–H and O–H groups in total. The average molecular weight is 292 g/mol. The Labute approximate surface area is 125 Å². The number of benzene rings is 2. The van der Waals surface area contributed by atoms with Gasteiger partial charge >= 0.3 is 0 Å². The number of halogens is 1. The van der Waals surface area contributed by atoms with E-state index < -0.39 is 0 Å². The van der Waals surface area contributed by atoms with E-state index in [0.717, 1.165) is 5.56 Å². The summed E-state index contributed by atoms with van der Waals surface area (Å²) in [6.07, 6.45) is 0. The highest BCUT2D eigenvalue weighted by Crippen LogP contribution is 2.11. The summed E-state index contributed by atoms with van der Waals surface area (Å²) in [5, 5.41) is 0. The van der Waals surface area contributed by atoms with E-state index in [2.05, 4.69) is 0 Å². The third-order valence-electron chi connectivity index (χ3n) is 2.78. The van der Waals surface area contributed by atoms with Crippen LogP contribution in [-0.4, -0.2) is 18.9 Å². The molecule has 2 aromatic carbocycles. The van der Waals surface area contributed by atoms with Crippen molar-refractivity contribution in [2.45, 2.75) is 6.61 Å². The molecule has 2 rings (SSSR count). The molecule has 0 spiro atoms. The Morgan fingerprint density at radius 1 is 0.950 bits per heavy atom. The summed E-state index contributed by atoms with van der Waals surface area (Å²) in [6.45, 7) is 1.59. The summed E-state index contributed by atoms with van der Waals surface area (Å²) in [4.78, 5) is 12.2. The highest BCUT2D eigenvalue weighted by molar-refractivity contribution is 6.08. The predicted molar refractivity (Wildman–Crippen MR) is 82.3 cm³/mol. The minimum Gasteiger partial charge on any atom is -0.375 e. The molecule has 4 heteroatoms. The predicted octanol–water partition coefficient (Wildman–Crippen LogP) is 2.81. The van der Waals surface area contributed by atoms with Crippen LogP contribution in [0.25, 0.3) is 0 Å². The number of hydrogen-bond acceptors (Lipinski definition) is 3. The van der Waals surface area contributed by atoms with E-state index in [1.807, 2.05) is 54.6 Å². The molecule has 2 aromatic rings. The van der Waals surface area contributed by atoms with Crippen LogP contribution in [0.4, 0.5) is 0 Å². The van der Waals surface area contributed by atoms with E-state index >= 15 is 0 Å². The lowest BCUT2D eigenvalue weighted by Crippen LogP contribution is -2.08. The van der Waals surface area contributed by atoms with Crippen molar-refractivity contribution < 1.29 is 9.53 Å². The molecule has 0 bridgehead atoms. The molecule has 0 unspecified atom stereocenters. The molecule has 20 heavy (non-hydrogen) atoms. The minimum atomic E-state index is 0. The maximum absolute atomic E-state index is 12.2. The Kier molecular flexibility index (Phi) is 6.94. The first-order valence-electron chi connectivity index (χ1n) is 6.28. The highest BCUT2D eigenvalue weighted by atomic mass is 35.5. The fraction of sp³-hybridized carbons (Fsp3) is 0.188. The van der Waals surface area contributed by atoms with Gasteiger partial charge in [-0.3, -0.25) is 4.79 Å². The van der Waals surface area contributed by atoms with Gasteiger partial charge in [-0.05, 0) is 5.56 Å². The summed E-state index contributed by atoms with van der Waals surface area (Å²) >= 11 is 0. The second kappa shape index (κ2) is 8.48. The van der Waals surface area contributed by atoms with Crippen LogP contribution in [0.5, 0.6) is 0 Å². The van der Waals surface area contributed by atoms with Crippen LogP contribution in [0.2, 0.25) is 0 Å². The summed E-state index contributed by atoms with van der Waals surface area (Å²) in [5.74, 6) is 0.0371. The second-order valence-electron chi connectivity index (χ2n) is 4.23. The molecule has 106 valence electrons. The molecular weight excluding hydrogens is 274 g/mol. The Bertz CT molecular complexity index is 526. The Hall–Kier alpha value is -1.68. The van der Waals surface area contributed by atoms with Crippen molar-refractivity contribution in [2.24, 2.45) is 5.73 Å². The van der Waals surface area contributed by atoms with E-state index in [4.69, 9.17) is 10.5 Å². The number of nitrogens with two attached hydrogens (primary N) is 1. The first-order chi connectivity index (χ1) is 9.31. The van der Waals surface area contributed by atoms with Crippen LogP contribution in [0.15, 0.2) is 54.6 Å². The topological polar surface area (TPSA) is 52.3 Å². The van der Waals surface area contributed by atoms with Gasteiger partial charge < -0.3 is 10.5 Å². The van der Waals surface area contributed by atoms with Gasteiger partial charge in [-0.1, -0.05) is 54.6 Å². The Balaban J connectivity index is 0.00000200. The highest BCUT2D eigenvalue weighted by Gasteiger charge is 2.07. The van der Waals surface area contributed by atoms with Gasteiger partial charge in [0.05, 0.1) is 13.2 Å². The molecule has 3 nitrogen and oxygen atoms in total. The van der Waals surface area contributed by atoms with Gasteiger partial charge in [0.25, 0.3) is 0 Å². The first-order valence-corrected chi connectivity index (χ1v) is 6.28. The molecule has 0 atom stereocenters. The molecule has 0 aliphatic heterocycles. The van der Waals surface area contributed by atoms with Crippen molar-refractivity contribution >= 4 is 18.2 Å². The molecule has 0 saturated heterocycles. The smallest absolute Gasteiger partial charge is 0.193 e. The lowest BCUT2D eigenvalue weighted by Gasteiger charge is -2.05. The molecule has 0 amide bonds. The lowest BCUT2D eigenvalue weighted by molar-refractivity contribution is 0.103. The van der Waals surface area contributed by atoms with Crippen LogP contribution < -0.4 is 5.73 Å². The zero-order valence-electron chi connectivity index (χ0n) is 11.1. The molecule has 0 heterocycles. The maximum atomic E-state index is 12.2. The monoisotopic (exact) mass is 291 g/mol. The van der Waals surface area contributed by atoms with E-state index in [-0.39, 0.29) is 18.2 Å². The van der Waals surface area contributed by atoms with Crippen LogP contribution in [0.3, 0.4) is 0 Å². The van der Waals surface area contributed by atoms with Crippen molar-refractivity contribution in [3.63, 3.8) is 0 Å². The van der Waals surface area contributed by atoms with Crippen LogP contribution in [0.1, 0.15) is 21.5 Å². The van der Waals surface area contributed by atoms with Crippen molar-refractivity contribution in [2.75, 3.05) is 13.2 Å². The van der Waals surface area contributed by atoms with Crippen molar-refractivity contribution in [1.82, 2.24) is 0 Å². The zero-order valence-corrected chi connectivity index (χ0v) is 11.9. The molecule has 0 saturated carbocycles. The molecule has 0 aliphatic rings. The van der Waals surface area contributed by atoms with Crippen LogP contribution in [0, 0.1) is 0 Å². The number of rotatable bonds is 6. The lowest BCUT2D eigenvalue weighted by atomic mass is 10.0. The molecular formula is C16H18ClNO2. The SMILES string of the molecule is Cl.NCCOCc1ccc(C(=O)c2ccccc2)cc1. The van der Waals surface area contributed by atoms with Crippen LogP contribution >= 0.6 is 12.4 Å². The van der Waals surface area contributed by atoms with Crippen molar-refractivity contribution in [3.8, 4) is 0 Å². The summed E-state index contributed by atoms with van der Waals surface area (Å²) in [5.41, 5.74) is 7.78. The maximum Gasteiger partial charge on any atom is 0.193 e. The van der Waals surface area contributed by atoms with Gasteiger partial charge in [-0.25, -0.2) is 0 Å². The number of ketones is 1. The largest absolute Gasteiger partial charge is 0.375 e. The second-order valence-corrected chi connectivity index (χ2v) is 4.23. The van der Waals surface area contributed by atoms with Crippen LogP contribution in [-0.2, 0) is 11.3 Å². The summed E-state index contributed by atoms with van der Waals surface area (Å²) in [7, 11) is 0. The summed E-state index contributed by atoms with van der Waals surface area (Å²) in [6, 6.07) is 16.7. The molecule has 0 aliphatic carbocycles. The van der Waals surface area contributed by atoms with E-state index in [1.54, 1.807) is 0 Å². The number of ether oxygens (including phenoxy) is 1. The fourth-order valence-corrected chi connectivity index (χ4v) is 1.78. The third-order valence-corrected chi connectivity index (χ3v) is 2.78. The minimum absolute atomic E-state index is 0. The molecule has 0 radical (unpaired) electrons. The number of carbonyl (C=O) groups is 1. The van der Waals surface area contributed by atoms with E-state index in [1.165, 1.54) is 0 Å². The van der Waals surface area contributed by atoms with Gasteiger partial charge in [0.15, 0.2) is 5.78 Å². The molecule has 0 aromatic heterocycles. The van der Waals surface area contributed by atoms with Crippen molar-refractivity contribution in [1.29, 1.82) is 0 Å². The Morgan fingerprint density at radius 2 is 1.55 bits per heavy atom. The van der Waals surface area contributed by atoms with Gasteiger partial charge in [0.1, 0.15) is 0 Å². The normalized spacial score (nSPS) is 9.85. The quantitative estimate of drug-likeness (QED) is 0.658. The average Bonchev–Trinajstić information content (AvgIpc) is 2.48. The van der Waals surface area contributed by atoms with Gasteiger partial charge in [-0.15, -0.1) is 12.4 Å². The fourth-order valence-electron chi connectivity index (χ4n) is 1.78. The number of hydrogen-bond donors (Lipinski definition) is 1. The summed E-state index contributed by atoms with van der Waals surface area (Å²) < 4.78 is 5.34. The standard InChI is InChI=1S/C16H17NO2.ClH/c17-10-11-19-12-13-6-8-15(9-7-13)16(18)14-4-2-1-3-5-14;/h1-9H,10-12,17H2;1H. The van der Waals surface area contributed by atoms with Gasteiger partial charge in [0, 0.05) is 17.7 Å². The van der Waals surface area contributed by atoms with E-state index in [0.29, 0.717) is 30.9 Å². The van der Waals surface area contributed by atoms with Gasteiger partial charge in [0.2, 0.25) is 0 Å². The first kappa shape index (κ1) is 16.4. The van der Waals surface area contributed by atoms with Gasteiger partial charge in [-0.2, -0.15) is 0 Å². The Morgan fingerprint density at radius 3 is 2.15 bits per heavy atom. The van der Waals surface area contributed by atoms with Crippen molar-refractivity contribution in [3.05, 3.63) is 71.3 Å². The zero-order chi connectivity index (χ0) is 13.5. The molecule has 0 fully saturated rings. The van der Waals surface area contributed by atoms with E-state index in [9.17, 15) is 4.79 Å².